The Morgan fingerprint density at radius 1 is 1.30 bits per heavy atom. The third-order valence-corrected chi connectivity index (χ3v) is 2.99. The molecule has 1 rings (SSSR count). The number of carboxylic acids is 1. The van der Waals surface area contributed by atoms with E-state index in [1.165, 1.54) is 7.11 Å². The standard InChI is InChI=1S/C15H21NO4/c1-9-6-7-11(20-5)10(8-9)16-13(17)12(14(18)19)15(2,3)4/h6-8,12H,1-5H3,(H,16,17)(H,18,19). The highest BCUT2D eigenvalue weighted by atomic mass is 16.5. The number of hydrogen-bond acceptors (Lipinski definition) is 3. The fraction of sp³-hybridized carbons (Fsp3) is 0.467. The van der Waals surface area contributed by atoms with Crippen molar-refractivity contribution < 1.29 is 19.4 Å². The highest BCUT2D eigenvalue weighted by Gasteiger charge is 2.37. The molecule has 0 saturated carbocycles. The van der Waals surface area contributed by atoms with Gasteiger partial charge < -0.3 is 15.2 Å². The van der Waals surface area contributed by atoms with Gasteiger partial charge in [0.25, 0.3) is 0 Å². The zero-order chi connectivity index (χ0) is 15.5. The van der Waals surface area contributed by atoms with Crippen LogP contribution in [0.4, 0.5) is 5.69 Å². The lowest BCUT2D eigenvalue weighted by atomic mass is 9.80. The number of carboxylic acid groups (broad SMARTS) is 1. The molecule has 0 fully saturated rings. The van der Waals surface area contributed by atoms with E-state index in [2.05, 4.69) is 5.32 Å². The van der Waals surface area contributed by atoms with Crippen LogP contribution in [0, 0.1) is 18.3 Å². The SMILES string of the molecule is COc1ccc(C)cc1NC(=O)C(C(=O)O)C(C)(C)C. The van der Waals surface area contributed by atoms with Crippen LogP contribution in [0.5, 0.6) is 5.75 Å². The summed E-state index contributed by atoms with van der Waals surface area (Å²) in [4.78, 5) is 23.5. The molecule has 0 aliphatic rings. The lowest BCUT2D eigenvalue weighted by Gasteiger charge is -2.26. The average Bonchev–Trinajstić information content (AvgIpc) is 2.26. The number of carbonyl (C=O) groups is 2. The quantitative estimate of drug-likeness (QED) is 0.831. The topological polar surface area (TPSA) is 75.6 Å². The van der Waals surface area contributed by atoms with E-state index in [-0.39, 0.29) is 0 Å². The third kappa shape index (κ3) is 3.73. The van der Waals surface area contributed by atoms with Crippen LogP contribution in [0.1, 0.15) is 26.3 Å². The molecule has 2 N–H and O–H groups in total. The van der Waals surface area contributed by atoms with Crippen LogP contribution in [-0.4, -0.2) is 24.1 Å². The summed E-state index contributed by atoms with van der Waals surface area (Å²) < 4.78 is 5.16. The molecule has 5 heteroatoms. The maximum absolute atomic E-state index is 12.2. The van der Waals surface area contributed by atoms with Crippen molar-refractivity contribution in [3.63, 3.8) is 0 Å². The predicted molar refractivity (Wildman–Crippen MR) is 76.9 cm³/mol. The Kier molecular flexibility index (Phi) is 4.76. The Hall–Kier alpha value is -2.04. The second-order valence-corrected chi connectivity index (χ2v) is 5.83. The fourth-order valence-corrected chi connectivity index (χ4v) is 2.00. The number of nitrogens with one attached hydrogen (secondary N) is 1. The van der Waals surface area contributed by atoms with Gasteiger partial charge in [0.1, 0.15) is 11.7 Å². The van der Waals surface area contributed by atoms with Crippen molar-refractivity contribution >= 4 is 17.6 Å². The summed E-state index contributed by atoms with van der Waals surface area (Å²) in [5.74, 6) is -2.31. The third-order valence-electron chi connectivity index (χ3n) is 2.99. The van der Waals surface area contributed by atoms with Gasteiger partial charge in [0.05, 0.1) is 12.8 Å². The number of amides is 1. The first kappa shape index (κ1) is 16.0. The molecular formula is C15H21NO4. The normalized spacial score (nSPS) is 12.7. The molecule has 1 aromatic rings. The van der Waals surface area contributed by atoms with Crippen molar-refractivity contribution in [2.75, 3.05) is 12.4 Å². The van der Waals surface area contributed by atoms with Gasteiger partial charge in [-0.2, -0.15) is 0 Å². The lowest BCUT2D eigenvalue weighted by Crippen LogP contribution is -2.39. The molecule has 5 nitrogen and oxygen atoms in total. The van der Waals surface area contributed by atoms with E-state index in [4.69, 9.17) is 4.74 Å². The first-order valence-electron chi connectivity index (χ1n) is 6.35. The molecule has 1 amide bonds. The molecule has 0 heterocycles. The van der Waals surface area contributed by atoms with Gasteiger partial charge in [0, 0.05) is 0 Å². The van der Waals surface area contributed by atoms with Gasteiger partial charge in [-0.05, 0) is 30.0 Å². The molecule has 1 atom stereocenters. The van der Waals surface area contributed by atoms with Crippen LogP contribution in [-0.2, 0) is 9.59 Å². The molecule has 0 aliphatic carbocycles. The van der Waals surface area contributed by atoms with Crippen molar-refractivity contribution in [1.29, 1.82) is 0 Å². The van der Waals surface area contributed by atoms with Gasteiger partial charge in [0.2, 0.25) is 5.91 Å². The minimum Gasteiger partial charge on any atom is -0.495 e. The monoisotopic (exact) mass is 279 g/mol. The number of carbonyl (C=O) groups excluding carboxylic acids is 1. The lowest BCUT2D eigenvalue weighted by molar-refractivity contribution is -0.149. The maximum Gasteiger partial charge on any atom is 0.316 e. The van der Waals surface area contributed by atoms with Crippen molar-refractivity contribution in [1.82, 2.24) is 0 Å². The molecule has 0 spiro atoms. The Balaban J connectivity index is 3.06. The molecular weight excluding hydrogens is 258 g/mol. The zero-order valence-electron chi connectivity index (χ0n) is 12.5. The molecule has 0 aliphatic heterocycles. The molecule has 0 bridgehead atoms. The number of methoxy groups -OCH3 is 1. The van der Waals surface area contributed by atoms with Gasteiger partial charge >= 0.3 is 5.97 Å². The van der Waals surface area contributed by atoms with Crippen LogP contribution in [0.2, 0.25) is 0 Å². The number of aliphatic carboxylic acids is 1. The van der Waals surface area contributed by atoms with Gasteiger partial charge in [-0.3, -0.25) is 9.59 Å². The van der Waals surface area contributed by atoms with E-state index in [9.17, 15) is 14.7 Å². The van der Waals surface area contributed by atoms with Crippen LogP contribution >= 0.6 is 0 Å². The molecule has 0 aromatic heterocycles. The molecule has 0 radical (unpaired) electrons. The average molecular weight is 279 g/mol. The first-order valence-corrected chi connectivity index (χ1v) is 6.35. The summed E-state index contributed by atoms with van der Waals surface area (Å²) in [5, 5.41) is 11.9. The smallest absolute Gasteiger partial charge is 0.316 e. The van der Waals surface area contributed by atoms with Crippen molar-refractivity contribution in [3.8, 4) is 5.75 Å². The summed E-state index contributed by atoms with van der Waals surface area (Å²) in [6, 6.07) is 5.34. The van der Waals surface area contributed by atoms with E-state index < -0.39 is 23.2 Å². The number of benzene rings is 1. The minimum absolute atomic E-state index is 0.480. The summed E-state index contributed by atoms with van der Waals surface area (Å²) in [6.45, 7) is 7.05. The van der Waals surface area contributed by atoms with Crippen molar-refractivity contribution in [2.45, 2.75) is 27.7 Å². The van der Waals surface area contributed by atoms with Crippen LogP contribution < -0.4 is 10.1 Å². The Labute approximate surface area is 118 Å². The van der Waals surface area contributed by atoms with E-state index in [0.29, 0.717) is 11.4 Å². The van der Waals surface area contributed by atoms with Crippen molar-refractivity contribution in [3.05, 3.63) is 23.8 Å². The minimum atomic E-state index is -1.14. The highest BCUT2D eigenvalue weighted by molar-refractivity contribution is 6.05. The van der Waals surface area contributed by atoms with E-state index in [1.54, 1.807) is 32.9 Å². The Morgan fingerprint density at radius 2 is 1.90 bits per heavy atom. The van der Waals surface area contributed by atoms with E-state index in [0.717, 1.165) is 5.56 Å². The van der Waals surface area contributed by atoms with Crippen LogP contribution in [0.15, 0.2) is 18.2 Å². The number of rotatable bonds is 4. The number of aryl methyl sites for hydroxylation is 1. The number of ether oxygens (including phenoxy) is 1. The number of hydrogen-bond donors (Lipinski definition) is 2. The predicted octanol–water partition coefficient (Wildman–Crippen LogP) is 2.69. The largest absolute Gasteiger partial charge is 0.495 e. The Bertz CT molecular complexity index is 517. The van der Waals surface area contributed by atoms with Gasteiger partial charge in [-0.25, -0.2) is 0 Å². The van der Waals surface area contributed by atoms with E-state index in [1.807, 2.05) is 13.0 Å². The summed E-state index contributed by atoms with van der Waals surface area (Å²) in [7, 11) is 1.50. The summed E-state index contributed by atoms with van der Waals surface area (Å²) >= 11 is 0. The number of anilines is 1. The van der Waals surface area contributed by atoms with Gasteiger partial charge in [-0.1, -0.05) is 26.8 Å². The van der Waals surface area contributed by atoms with Crippen LogP contribution in [0.25, 0.3) is 0 Å². The second kappa shape index (κ2) is 5.94. The first-order chi connectivity index (χ1) is 9.16. The van der Waals surface area contributed by atoms with Gasteiger partial charge in [0.15, 0.2) is 0 Å². The molecule has 1 unspecified atom stereocenters. The molecule has 0 saturated heterocycles. The highest BCUT2D eigenvalue weighted by Crippen LogP contribution is 2.30. The summed E-state index contributed by atoms with van der Waals surface area (Å²) in [6.07, 6.45) is 0. The maximum atomic E-state index is 12.2. The fourth-order valence-electron chi connectivity index (χ4n) is 2.00. The molecule has 110 valence electrons. The van der Waals surface area contributed by atoms with Crippen LogP contribution in [0.3, 0.4) is 0 Å². The van der Waals surface area contributed by atoms with E-state index >= 15 is 0 Å². The zero-order valence-corrected chi connectivity index (χ0v) is 12.5. The molecule has 1 aromatic carbocycles. The summed E-state index contributed by atoms with van der Waals surface area (Å²) in [5.41, 5.74) is 0.754. The van der Waals surface area contributed by atoms with Gasteiger partial charge in [-0.15, -0.1) is 0 Å². The Morgan fingerprint density at radius 3 is 2.35 bits per heavy atom. The second-order valence-electron chi connectivity index (χ2n) is 5.83. The van der Waals surface area contributed by atoms with Crippen molar-refractivity contribution in [2.24, 2.45) is 11.3 Å². The molecule has 20 heavy (non-hydrogen) atoms.